The van der Waals surface area contributed by atoms with Crippen molar-refractivity contribution in [3.05, 3.63) is 48.3 Å². The second-order valence-electron chi connectivity index (χ2n) is 8.39. The number of ether oxygens (including phenoxy) is 2. The molecule has 1 atom stereocenters. The van der Waals surface area contributed by atoms with Gasteiger partial charge in [-0.15, -0.1) is 0 Å². The van der Waals surface area contributed by atoms with Gasteiger partial charge in [-0.3, -0.25) is 9.59 Å². The van der Waals surface area contributed by atoms with Gasteiger partial charge in [0.2, 0.25) is 21.8 Å². The second kappa shape index (κ2) is 8.88. The van der Waals surface area contributed by atoms with Crippen molar-refractivity contribution in [3.63, 3.8) is 0 Å². The summed E-state index contributed by atoms with van der Waals surface area (Å²) in [5.41, 5.74) is 0.644. The zero-order valence-corrected chi connectivity index (χ0v) is 19.2. The lowest BCUT2D eigenvalue weighted by atomic mass is 10.1. The number of anilines is 1. The first-order valence-corrected chi connectivity index (χ1v) is 12.5. The van der Waals surface area contributed by atoms with Crippen LogP contribution >= 0.6 is 0 Å². The molecule has 0 saturated carbocycles. The highest BCUT2D eigenvalue weighted by Gasteiger charge is 2.39. The van der Waals surface area contributed by atoms with Crippen LogP contribution < -0.4 is 14.4 Å². The molecule has 0 unspecified atom stereocenters. The van der Waals surface area contributed by atoms with E-state index in [1.807, 2.05) is 0 Å². The van der Waals surface area contributed by atoms with Crippen LogP contribution in [0.15, 0.2) is 47.4 Å². The van der Waals surface area contributed by atoms with Crippen molar-refractivity contribution in [2.24, 2.45) is 5.92 Å². The van der Waals surface area contributed by atoms with E-state index in [9.17, 15) is 22.4 Å². The summed E-state index contributed by atoms with van der Waals surface area (Å²) >= 11 is 0. The Balaban J connectivity index is 1.22. The number of carbonyl (C=O) groups excluding carboxylic acids is 2. The molecule has 3 aliphatic rings. The Labute approximate surface area is 196 Å². The van der Waals surface area contributed by atoms with E-state index in [2.05, 4.69) is 0 Å². The van der Waals surface area contributed by atoms with Crippen LogP contribution in [0.25, 0.3) is 0 Å². The predicted octanol–water partition coefficient (Wildman–Crippen LogP) is 1.48. The van der Waals surface area contributed by atoms with Crippen LogP contribution in [0.3, 0.4) is 0 Å². The molecule has 2 amide bonds. The van der Waals surface area contributed by atoms with Gasteiger partial charge in [-0.05, 0) is 24.3 Å². The van der Waals surface area contributed by atoms with Gasteiger partial charge in [0.15, 0.2) is 11.5 Å². The average molecular weight is 490 g/mol. The van der Waals surface area contributed by atoms with Gasteiger partial charge in [0.25, 0.3) is 0 Å². The molecule has 2 aromatic rings. The maximum Gasteiger partial charge on any atom is 0.246 e. The molecule has 180 valence electrons. The number of hydrogen-bond donors (Lipinski definition) is 0. The Morgan fingerprint density at radius 3 is 2.41 bits per heavy atom. The topological polar surface area (TPSA) is 96.5 Å². The SMILES string of the molecule is O=C([C@H]1CC(=O)N(c2ccc3c(c2)OCCO3)C1)N1CCN(S(=O)(=O)c2ccccc2F)CC1. The largest absolute Gasteiger partial charge is 0.486 e. The molecule has 3 heterocycles. The van der Waals surface area contributed by atoms with E-state index < -0.39 is 21.8 Å². The summed E-state index contributed by atoms with van der Waals surface area (Å²) in [6, 6.07) is 10.5. The number of benzene rings is 2. The van der Waals surface area contributed by atoms with E-state index in [4.69, 9.17) is 9.47 Å². The molecule has 2 aromatic carbocycles. The minimum atomic E-state index is -3.99. The fourth-order valence-corrected chi connectivity index (χ4v) is 6.01. The molecular weight excluding hydrogens is 465 g/mol. The molecule has 2 saturated heterocycles. The van der Waals surface area contributed by atoms with E-state index in [1.165, 1.54) is 22.5 Å². The first-order chi connectivity index (χ1) is 16.3. The Morgan fingerprint density at radius 2 is 1.68 bits per heavy atom. The van der Waals surface area contributed by atoms with Crippen molar-refractivity contribution >= 4 is 27.5 Å². The molecule has 0 spiro atoms. The first kappa shape index (κ1) is 22.6. The summed E-state index contributed by atoms with van der Waals surface area (Å²) in [6.45, 7) is 1.64. The molecule has 34 heavy (non-hydrogen) atoms. The van der Waals surface area contributed by atoms with Crippen LogP contribution in [0.5, 0.6) is 11.5 Å². The number of rotatable bonds is 4. The molecule has 2 fully saturated rings. The van der Waals surface area contributed by atoms with E-state index in [-0.39, 0.29) is 55.9 Å². The van der Waals surface area contributed by atoms with Crippen molar-refractivity contribution in [2.45, 2.75) is 11.3 Å². The maximum atomic E-state index is 14.0. The van der Waals surface area contributed by atoms with Crippen LogP contribution in [-0.2, 0) is 19.6 Å². The van der Waals surface area contributed by atoms with E-state index >= 15 is 0 Å². The van der Waals surface area contributed by atoms with Gasteiger partial charge in [0, 0.05) is 50.9 Å². The van der Waals surface area contributed by atoms with E-state index in [1.54, 1.807) is 28.0 Å². The zero-order valence-electron chi connectivity index (χ0n) is 18.4. The van der Waals surface area contributed by atoms with Crippen LogP contribution in [0.4, 0.5) is 10.1 Å². The quantitative estimate of drug-likeness (QED) is 0.646. The van der Waals surface area contributed by atoms with Gasteiger partial charge in [0.1, 0.15) is 23.9 Å². The normalized spacial score (nSPS) is 21.1. The maximum absolute atomic E-state index is 14.0. The molecule has 3 aliphatic heterocycles. The van der Waals surface area contributed by atoms with Crippen molar-refractivity contribution in [3.8, 4) is 11.5 Å². The molecule has 0 bridgehead atoms. The Bertz CT molecular complexity index is 1230. The number of hydrogen-bond acceptors (Lipinski definition) is 6. The van der Waals surface area contributed by atoms with Crippen molar-refractivity contribution in [1.29, 1.82) is 0 Å². The van der Waals surface area contributed by atoms with Crippen LogP contribution in [-0.4, -0.2) is 75.4 Å². The summed E-state index contributed by atoms with van der Waals surface area (Å²) in [4.78, 5) is 28.6. The van der Waals surface area contributed by atoms with Gasteiger partial charge in [-0.1, -0.05) is 12.1 Å². The molecule has 0 N–H and O–H groups in total. The van der Waals surface area contributed by atoms with Crippen molar-refractivity contribution in [1.82, 2.24) is 9.21 Å². The number of amides is 2. The lowest BCUT2D eigenvalue weighted by molar-refractivity contribution is -0.136. The van der Waals surface area contributed by atoms with Crippen molar-refractivity contribution < 1.29 is 31.9 Å². The van der Waals surface area contributed by atoms with E-state index in [0.29, 0.717) is 30.4 Å². The summed E-state index contributed by atoms with van der Waals surface area (Å²) in [6.07, 6.45) is 0.0843. The first-order valence-electron chi connectivity index (χ1n) is 11.1. The molecular formula is C23H24FN3O6S. The molecule has 5 rings (SSSR count). The van der Waals surface area contributed by atoms with Gasteiger partial charge in [0.05, 0.1) is 5.92 Å². The van der Waals surface area contributed by atoms with Gasteiger partial charge in [-0.25, -0.2) is 12.8 Å². The monoisotopic (exact) mass is 489 g/mol. The average Bonchev–Trinajstić information content (AvgIpc) is 3.25. The number of nitrogens with zero attached hydrogens (tertiary/aromatic N) is 3. The fourth-order valence-electron chi connectivity index (χ4n) is 4.52. The number of fused-ring (bicyclic) bond motifs is 1. The third-order valence-corrected chi connectivity index (χ3v) is 8.25. The minimum absolute atomic E-state index is 0.0644. The Kier molecular flexibility index (Phi) is 5.90. The van der Waals surface area contributed by atoms with Crippen LogP contribution in [0, 0.1) is 11.7 Å². The lowest BCUT2D eigenvalue weighted by Gasteiger charge is -2.35. The third kappa shape index (κ3) is 4.09. The molecule has 0 aliphatic carbocycles. The second-order valence-corrected chi connectivity index (χ2v) is 10.3. The van der Waals surface area contributed by atoms with Crippen LogP contribution in [0.2, 0.25) is 0 Å². The molecule has 0 radical (unpaired) electrons. The summed E-state index contributed by atoms with van der Waals surface area (Å²) in [5.74, 6) is -0.469. The van der Waals surface area contributed by atoms with Crippen LogP contribution in [0.1, 0.15) is 6.42 Å². The van der Waals surface area contributed by atoms with Crippen molar-refractivity contribution in [2.75, 3.05) is 50.8 Å². The summed E-state index contributed by atoms with van der Waals surface area (Å²) in [7, 11) is -3.99. The smallest absolute Gasteiger partial charge is 0.246 e. The molecule has 9 nitrogen and oxygen atoms in total. The summed E-state index contributed by atoms with van der Waals surface area (Å²) in [5, 5.41) is 0. The molecule has 0 aromatic heterocycles. The van der Waals surface area contributed by atoms with Gasteiger partial charge >= 0.3 is 0 Å². The Morgan fingerprint density at radius 1 is 0.971 bits per heavy atom. The Hall–Kier alpha value is -3.18. The third-order valence-electron chi connectivity index (χ3n) is 6.32. The minimum Gasteiger partial charge on any atom is -0.486 e. The van der Waals surface area contributed by atoms with Gasteiger partial charge in [-0.2, -0.15) is 4.31 Å². The highest BCUT2D eigenvalue weighted by molar-refractivity contribution is 7.89. The van der Waals surface area contributed by atoms with E-state index in [0.717, 1.165) is 6.07 Å². The zero-order chi connectivity index (χ0) is 23.9. The highest BCUT2D eigenvalue weighted by Crippen LogP contribution is 2.36. The fraction of sp³-hybridized carbons (Fsp3) is 0.391. The van der Waals surface area contributed by atoms with Gasteiger partial charge < -0.3 is 19.3 Å². The summed E-state index contributed by atoms with van der Waals surface area (Å²) < 4.78 is 51.9. The highest BCUT2D eigenvalue weighted by atomic mass is 32.2. The predicted molar refractivity (Wildman–Crippen MR) is 120 cm³/mol. The molecule has 11 heteroatoms. The number of carbonyl (C=O) groups is 2. The number of piperazine rings is 1. The lowest BCUT2D eigenvalue weighted by Crippen LogP contribution is -2.52. The standard InChI is InChI=1S/C23H24FN3O6S/c24-18-3-1-2-4-21(18)34(30,31)26-9-7-25(8-10-26)23(29)16-13-22(28)27(15-16)17-5-6-19-20(14-17)33-12-11-32-19/h1-6,14,16H,7-13,15H2/t16-/m0/s1. The number of halogens is 1. The number of sulfonamides is 1.